The summed E-state index contributed by atoms with van der Waals surface area (Å²) in [5.74, 6) is 0. The third-order valence-electron chi connectivity index (χ3n) is 2.76. The van der Waals surface area contributed by atoms with Crippen LogP contribution in [0, 0.1) is 0 Å². The molecule has 0 aliphatic heterocycles. The topological polar surface area (TPSA) is 27.7 Å². The van der Waals surface area contributed by atoms with Gasteiger partial charge < -0.3 is 13.0 Å². The van der Waals surface area contributed by atoms with E-state index in [0.717, 1.165) is 31.6 Å². The maximum absolute atomic E-state index is 5.93. The molecular formula is C11H25O3Si2. The molecule has 95 valence electrons. The molecule has 0 aromatic heterocycles. The predicted octanol–water partition coefficient (Wildman–Crippen LogP) is 2.29. The number of hydrogen-bond acceptors (Lipinski definition) is 3. The van der Waals surface area contributed by atoms with Gasteiger partial charge in [-0.15, -0.1) is 0 Å². The molecule has 0 atom stereocenters. The molecule has 0 aromatic carbocycles. The summed E-state index contributed by atoms with van der Waals surface area (Å²) >= 11 is 0. The average molecular weight is 261 g/mol. The van der Waals surface area contributed by atoms with Crippen LogP contribution in [0.25, 0.3) is 0 Å². The largest absolute Gasteiger partial charge is 0.566 e. The van der Waals surface area contributed by atoms with Crippen LogP contribution in [-0.4, -0.2) is 32.5 Å². The maximum Gasteiger partial charge on any atom is 0.566 e. The van der Waals surface area contributed by atoms with Gasteiger partial charge in [0.1, 0.15) is 0 Å². The van der Waals surface area contributed by atoms with Crippen LogP contribution in [-0.2, 0) is 13.0 Å². The Kier molecular flexibility index (Phi) is 8.40. The molecule has 0 bridgehead atoms. The highest BCUT2D eigenvalue weighted by Crippen LogP contribution is 2.29. The van der Waals surface area contributed by atoms with Crippen LogP contribution in [0.1, 0.15) is 52.4 Å². The van der Waals surface area contributed by atoms with E-state index in [4.69, 9.17) is 13.0 Å². The lowest BCUT2D eigenvalue weighted by Gasteiger charge is -2.16. The first-order chi connectivity index (χ1) is 7.86. The second-order valence-corrected chi connectivity index (χ2v) is 8.13. The molecule has 0 aromatic rings. The van der Waals surface area contributed by atoms with Gasteiger partial charge in [-0.3, -0.25) is 0 Å². The second kappa shape index (κ2) is 9.35. The Labute approximate surface area is 104 Å². The monoisotopic (exact) mass is 261 g/mol. The van der Waals surface area contributed by atoms with Gasteiger partial charge in [-0.25, -0.2) is 0 Å². The minimum absolute atomic E-state index is 0.420. The van der Waals surface area contributed by atoms with E-state index < -0.39 is 19.3 Å². The summed E-state index contributed by atoms with van der Waals surface area (Å²) in [6, 6.07) is 0. The molecule has 1 aliphatic rings. The van der Waals surface area contributed by atoms with Gasteiger partial charge in [-0.2, -0.15) is 0 Å². The van der Waals surface area contributed by atoms with Crippen molar-refractivity contribution in [3.8, 4) is 0 Å². The van der Waals surface area contributed by atoms with E-state index >= 15 is 0 Å². The lowest BCUT2D eigenvalue weighted by atomic mass is 10.4. The molecule has 0 unspecified atom stereocenters. The van der Waals surface area contributed by atoms with Gasteiger partial charge >= 0.3 is 9.53 Å². The number of rotatable bonds is 9. The second-order valence-electron chi connectivity index (χ2n) is 4.41. The molecule has 1 rings (SSSR count). The fourth-order valence-corrected chi connectivity index (χ4v) is 5.75. The van der Waals surface area contributed by atoms with E-state index in [2.05, 4.69) is 13.8 Å². The van der Waals surface area contributed by atoms with Crippen LogP contribution in [0.15, 0.2) is 0 Å². The van der Waals surface area contributed by atoms with Crippen molar-refractivity contribution < 1.29 is 13.0 Å². The van der Waals surface area contributed by atoms with Crippen LogP contribution in [0.5, 0.6) is 0 Å². The fourth-order valence-electron chi connectivity index (χ4n) is 1.86. The summed E-state index contributed by atoms with van der Waals surface area (Å²) in [5, 5.41) is 0. The van der Waals surface area contributed by atoms with E-state index in [0.29, 0.717) is 0 Å². The molecule has 1 radical (unpaired) electrons. The first-order valence-electron chi connectivity index (χ1n) is 6.62. The predicted molar refractivity (Wildman–Crippen MR) is 70.1 cm³/mol. The van der Waals surface area contributed by atoms with Gasteiger partial charge in [0.25, 0.3) is 0 Å². The lowest BCUT2D eigenvalue weighted by molar-refractivity contribution is 0.141. The van der Waals surface area contributed by atoms with Crippen molar-refractivity contribution in [1.82, 2.24) is 0 Å². The molecule has 1 saturated carbocycles. The van der Waals surface area contributed by atoms with Crippen molar-refractivity contribution in [1.29, 1.82) is 0 Å². The molecule has 0 amide bonds. The first-order valence-corrected chi connectivity index (χ1v) is 9.24. The Balaban J connectivity index is 2.13. The molecule has 5 heteroatoms. The molecule has 1 aliphatic carbocycles. The van der Waals surface area contributed by atoms with Crippen LogP contribution in [0.2, 0.25) is 5.54 Å². The lowest BCUT2D eigenvalue weighted by Crippen LogP contribution is -2.30. The van der Waals surface area contributed by atoms with Crippen LogP contribution >= 0.6 is 0 Å². The smallest absolute Gasteiger partial charge is 0.419 e. The van der Waals surface area contributed by atoms with Crippen LogP contribution in [0.3, 0.4) is 0 Å². The van der Waals surface area contributed by atoms with Gasteiger partial charge in [0.2, 0.25) is 0 Å². The van der Waals surface area contributed by atoms with Crippen molar-refractivity contribution >= 4 is 19.3 Å². The van der Waals surface area contributed by atoms with Crippen LogP contribution in [0.4, 0.5) is 0 Å². The minimum atomic E-state index is -1.40. The zero-order valence-corrected chi connectivity index (χ0v) is 13.1. The maximum atomic E-state index is 5.93. The van der Waals surface area contributed by atoms with Gasteiger partial charge in [0.05, 0.1) is 0 Å². The minimum Gasteiger partial charge on any atom is -0.419 e. The van der Waals surface area contributed by atoms with Crippen molar-refractivity contribution in [3.05, 3.63) is 0 Å². The molecule has 16 heavy (non-hydrogen) atoms. The van der Waals surface area contributed by atoms with Crippen molar-refractivity contribution in [3.63, 3.8) is 0 Å². The Hall–Kier alpha value is 0.314. The molecule has 0 N–H and O–H groups in total. The standard InChI is InChI=1S/C11H25O3Si2/c1-3-9-12-16(13-10-4-2)14-15-11-7-5-6-8-11/h11H,3-10,15H2,1-2H3. The van der Waals surface area contributed by atoms with Gasteiger partial charge in [-0.1, -0.05) is 39.5 Å². The Morgan fingerprint density at radius 3 is 2.12 bits per heavy atom. The van der Waals surface area contributed by atoms with Crippen molar-refractivity contribution in [2.24, 2.45) is 0 Å². The summed E-state index contributed by atoms with van der Waals surface area (Å²) in [6.45, 7) is 5.79. The van der Waals surface area contributed by atoms with E-state index in [1.54, 1.807) is 0 Å². The van der Waals surface area contributed by atoms with E-state index in [1.165, 1.54) is 25.7 Å². The highest BCUT2D eigenvalue weighted by molar-refractivity contribution is 6.48. The molecule has 0 saturated heterocycles. The third kappa shape index (κ3) is 6.15. The molecule has 0 spiro atoms. The first kappa shape index (κ1) is 14.4. The highest BCUT2D eigenvalue weighted by atomic mass is 28.4. The summed E-state index contributed by atoms with van der Waals surface area (Å²) in [6.07, 6.45) is 7.63. The summed E-state index contributed by atoms with van der Waals surface area (Å²) in [7, 11) is -1.82. The Morgan fingerprint density at radius 1 is 1.06 bits per heavy atom. The van der Waals surface area contributed by atoms with Gasteiger partial charge in [0, 0.05) is 13.2 Å². The van der Waals surface area contributed by atoms with E-state index in [9.17, 15) is 0 Å². The molecule has 3 nitrogen and oxygen atoms in total. The third-order valence-corrected chi connectivity index (χ3v) is 6.54. The zero-order chi connectivity index (χ0) is 11.6. The average Bonchev–Trinajstić information content (AvgIpc) is 2.81. The normalized spacial score (nSPS) is 18.2. The summed E-state index contributed by atoms with van der Waals surface area (Å²) < 4.78 is 17.2. The molecular weight excluding hydrogens is 236 g/mol. The molecule has 0 heterocycles. The van der Waals surface area contributed by atoms with E-state index in [-0.39, 0.29) is 0 Å². The van der Waals surface area contributed by atoms with Crippen LogP contribution < -0.4 is 0 Å². The SMILES string of the molecule is CCCO[Si](OCCC)O[SiH2]C1CCCC1. The summed E-state index contributed by atoms with van der Waals surface area (Å²) in [5.41, 5.74) is 0.885. The highest BCUT2D eigenvalue weighted by Gasteiger charge is 2.23. The fraction of sp³-hybridized carbons (Fsp3) is 1.00. The van der Waals surface area contributed by atoms with Gasteiger partial charge in [-0.05, 0) is 18.4 Å². The van der Waals surface area contributed by atoms with Crippen molar-refractivity contribution in [2.75, 3.05) is 13.2 Å². The van der Waals surface area contributed by atoms with E-state index in [1.807, 2.05) is 0 Å². The Morgan fingerprint density at radius 2 is 1.62 bits per heavy atom. The number of hydrogen-bond donors (Lipinski definition) is 0. The van der Waals surface area contributed by atoms with Gasteiger partial charge in [0.15, 0.2) is 9.76 Å². The summed E-state index contributed by atoms with van der Waals surface area (Å²) in [4.78, 5) is 0. The Bertz CT molecular complexity index is 155. The van der Waals surface area contributed by atoms with Crippen molar-refractivity contribution in [2.45, 2.75) is 57.9 Å². The zero-order valence-electron chi connectivity index (χ0n) is 10.7. The molecule has 1 fully saturated rings. The quantitative estimate of drug-likeness (QED) is 0.596.